The van der Waals surface area contributed by atoms with Gasteiger partial charge in [-0.15, -0.1) is 11.3 Å². The van der Waals surface area contributed by atoms with Crippen molar-refractivity contribution in [1.82, 2.24) is 29.3 Å². The van der Waals surface area contributed by atoms with Gasteiger partial charge < -0.3 is 15.2 Å². The predicted molar refractivity (Wildman–Crippen MR) is 116 cm³/mol. The summed E-state index contributed by atoms with van der Waals surface area (Å²) in [7, 11) is 4.73. The Morgan fingerprint density at radius 2 is 2.03 bits per heavy atom. The molecule has 3 aromatic rings. The van der Waals surface area contributed by atoms with Crippen LogP contribution in [0.3, 0.4) is 0 Å². The zero-order chi connectivity index (χ0) is 22.3. The molecule has 2 amide bonds. The van der Waals surface area contributed by atoms with Crippen molar-refractivity contribution in [3.63, 3.8) is 0 Å². The van der Waals surface area contributed by atoms with Crippen LogP contribution >= 0.6 is 11.3 Å². The lowest BCUT2D eigenvalue weighted by atomic mass is 9.98. The monoisotopic (exact) mass is 444 g/mol. The molecule has 4 heterocycles. The first-order chi connectivity index (χ1) is 14.8. The number of thiophene rings is 1. The van der Waals surface area contributed by atoms with Gasteiger partial charge in [-0.25, -0.2) is 9.78 Å². The van der Waals surface area contributed by atoms with Crippen LogP contribution in [0.2, 0.25) is 0 Å². The van der Waals surface area contributed by atoms with Crippen LogP contribution in [-0.4, -0.2) is 49.4 Å². The maximum atomic E-state index is 12.8. The maximum absolute atomic E-state index is 12.8. The summed E-state index contributed by atoms with van der Waals surface area (Å²) in [4.78, 5) is 59.2. The highest BCUT2D eigenvalue weighted by Crippen LogP contribution is 2.39. The van der Waals surface area contributed by atoms with Crippen molar-refractivity contribution in [2.45, 2.75) is 25.3 Å². The van der Waals surface area contributed by atoms with E-state index in [2.05, 4.69) is 15.3 Å². The molecule has 0 bridgehead atoms. The van der Waals surface area contributed by atoms with Crippen molar-refractivity contribution in [1.29, 1.82) is 0 Å². The van der Waals surface area contributed by atoms with E-state index in [0.29, 0.717) is 30.9 Å². The molecule has 31 heavy (non-hydrogen) atoms. The van der Waals surface area contributed by atoms with E-state index in [1.165, 1.54) is 11.6 Å². The SMILES string of the molecule is CN1C(=O)CC(C(=O)NCCCc2nc3c([nH]2)c(=O)n(C)c(=O)n3C)C1c1cccs1. The molecule has 0 saturated carbocycles. The molecule has 1 aliphatic heterocycles. The van der Waals surface area contributed by atoms with Gasteiger partial charge in [0, 0.05) is 45.4 Å². The lowest BCUT2D eigenvalue weighted by molar-refractivity contribution is -0.128. The number of hydrogen-bond donors (Lipinski definition) is 2. The molecule has 1 fully saturated rings. The van der Waals surface area contributed by atoms with E-state index in [1.807, 2.05) is 17.5 Å². The first-order valence-electron chi connectivity index (χ1n) is 10.0. The van der Waals surface area contributed by atoms with Crippen LogP contribution in [0, 0.1) is 5.92 Å². The molecule has 1 saturated heterocycles. The molecule has 10 nitrogen and oxygen atoms in total. The molecule has 0 aromatic carbocycles. The standard InChI is InChI=1S/C20H24N6O4S/c1-24-14(27)10-11(16(24)12-6-5-9-31-12)18(28)21-8-4-7-13-22-15-17(23-13)25(2)20(30)26(3)19(15)29/h5-6,9,11,16H,4,7-8,10H2,1-3H3,(H,21,28)(H,22,23). The number of rotatable bonds is 6. The summed E-state index contributed by atoms with van der Waals surface area (Å²) in [5.74, 6) is -0.0142. The smallest absolute Gasteiger partial charge is 0.332 e. The highest BCUT2D eigenvalue weighted by Gasteiger charge is 2.43. The van der Waals surface area contributed by atoms with Gasteiger partial charge in [0.1, 0.15) is 11.3 Å². The molecule has 0 aliphatic carbocycles. The van der Waals surface area contributed by atoms with Crippen molar-refractivity contribution in [3.8, 4) is 0 Å². The number of nitrogens with zero attached hydrogens (tertiary/aromatic N) is 4. The first-order valence-corrected chi connectivity index (χ1v) is 10.9. The minimum Gasteiger partial charge on any atom is -0.356 e. The Morgan fingerprint density at radius 1 is 1.26 bits per heavy atom. The molecule has 2 atom stereocenters. The average Bonchev–Trinajstić information content (AvgIpc) is 3.48. The van der Waals surface area contributed by atoms with E-state index in [0.717, 1.165) is 9.44 Å². The maximum Gasteiger partial charge on any atom is 0.332 e. The summed E-state index contributed by atoms with van der Waals surface area (Å²) in [6, 6.07) is 3.63. The topological polar surface area (TPSA) is 122 Å². The molecule has 4 rings (SSSR count). The molecule has 2 N–H and O–H groups in total. The Kier molecular flexibility index (Phi) is 5.52. The van der Waals surface area contributed by atoms with Crippen molar-refractivity contribution >= 4 is 34.3 Å². The van der Waals surface area contributed by atoms with Gasteiger partial charge in [-0.05, 0) is 17.9 Å². The Bertz CT molecular complexity index is 1260. The van der Waals surface area contributed by atoms with Gasteiger partial charge in [0.05, 0.1) is 12.0 Å². The normalized spacial score (nSPS) is 18.8. The van der Waals surface area contributed by atoms with E-state index in [1.54, 1.807) is 30.3 Å². The molecule has 0 radical (unpaired) electrons. The molecule has 1 aliphatic rings. The summed E-state index contributed by atoms with van der Waals surface area (Å²) in [5.41, 5.74) is -0.243. The number of hydrogen-bond acceptors (Lipinski definition) is 6. The Labute approximate surface area is 181 Å². The molecular weight excluding hydrogens is 420 g/mol. The molecule has 11 heteroatoms. The van der Waals surface area contributed by atoms with Gasteiger partial charge >= 0.3 is 5.69 Å². The molecule has 0 spiro atoms. The summed E-state index contributed by atoms with van der Waals surface area (Å²) in [5, 5.41) is 4.87. The minimum atomic E-state index is -0.431. The zero-order valence-electron chi connectivity index (χ0n) is 17.5. The number of likely N-dealkylation sites (tertiary alicyclic amines) is 1. The predicted octanol–water partition coefficient (Wildman–Crippen LogP) is 0.290. The third-order valence-corrected chi connectivity index (χ3v) is 6.73. The van der Waals surface area contributed by atoms with Crippen LogP contribution in [0.15, 0.2) is 27.1 Å². The van der Waals surface area contributed by atoms with E-state index in [9.17, 15) is 19.2 Å². The van der Waals surface area contributed by atoms with Crippen molar-refractivity contribution in [3.05, 3.63) is 49.1 Å². The summed E-state index contributed by atoms with van der Waals surface area (Å²) in [6.07, 6.45) is 1.30. The van der Waals surface area contributed by atoms with Gasteiger partial charge in [0.2, 0.25) is 11.8 Å². The van der Waals surface area contributed by atoms with Crippen LogP contribution in [0.4, 0.5) is 0 Å². The third kappa shape index (κ3) is 3.69. The van der Waals surface area contributed by atoms with E-state index in [-0.39, 0.29) is 29.8 Å². The number of fused-ring (bicyclic) bond motifs is 1. The number of imidazole rings is 1. The van der Waals surface area contributed by atoms with Crippen LogP contribution < -0.4 is 16.6 Å². The number of carbonyl (C=O) groups is 2. The van der Waals surface area contributed by atoms with Crippen LogP contribution in [0.25, 0.3) is 11.2 Å². The summed E-state index contributed by atoms with van der Waals surface area (Å²) >= 11 is 1.54. The molecule has 3 aromatic heterocycles. The number of aromatic nitrogens is 4. The van der Waals surface area contributed by atoms with E-state index < -0.39 is 17.2 Å². The Balaban J connectivity index is 1.39. The highest BCUT2D eigenvalue weighted by molar-refractivity contribution is 7.10. The Morgan fingerprint density at radius 3 is 2.74 bits per heavy atom. The minimum absolute atomic E-state index is 0.0342. The first kappa shape index (κ1) is 21.0. The number of carbonyl (C=O) groups excluding carboxylic acids is 2. The van der Waals surface area contributed by atoms with Crippen LogP contribution in [0.5, 0.6) is 0 Å². The Hall–Kier alpha value is -3.21. The lowest BCUT2D eigenvalue weighted by Crippen LogP contribution is -2.36. The number of H-pyrrole nitrogens is 1. The fourth-order valence-electron chi connectivity index (χ4n) is 4.04. The van der Waals surface area contributed by atoms with Crippen LogP contribution in [-0.2, 0) is 30.1 Å². The summed E-state index contributed by atoms with van der Waals surface area (Å²) in [6.45, 7) is 0.415. The number of aryl methyl sites for hydroxylation is 2. The van der Waals surface area contributed by atoms with Gasteiger partial charge in [0.15, 0.2) is 5.65 Å². The van der Waals surface area contributed by atoms with Gasteiger partial charge in [0.25, 0.3) is 5.56 Å². The average molecular weight is 445 g/mol. The van der Waals surface area contributed by atoms with E-state index >= 15 is 0 Å². The van der Waals surface area contributed by atoms with Gasteiger partial charge in [-0.1, -0.05) is 6.07 Å². The lowest BCUT2D eigenvalue weighted by Gasteiger charge is -2.23. The second-order valence-electron chi connectivity index (χ2n) is 7.76. The van der Waals surface area contributed by atoms with Crippen LogP contribution in [0.1, 0.15) is 29.6 Å². The fourth-order valence-corrected chi connectivity index (χ4v) is 4.98. The largest absolute Gasteiger partial charge is 0.356 e. The molecule has 2 unspecified atom stereocenters. The van der Waals surface area contributed by atoms with Crippen molar-refractivity contribution in [2.75, 3.05) is 13.6 Å². The highest BCUT2D eigenvalue weighted by atomic mass is 32.1. The van der Waals surface area contributed by atoms with Gasteiger partial charge in [-0.2, -0.15) is 0 Å². The fraction of sp³-hybridized carbons (Fsp3) is 0.450. The summed E-state index contributed by atoms with van der Waals surface area (Å²) < 4.78 is 2.37. The number of nitrogens with one attached hydrogen (secondary N) is 2. The molecule has 164 valence electrons. The van der Waals surface area contributed by atoms with Crippen molar-refractivity contribution in [2.24, 2.45) is 20.0 Å². The van der Waals surface area contributed by atoms with Crippen molar-refractivity contribution < 1.29 is 9.59 Å². The zero-order valence-corrected chi connectivity index (χ0v) is 18.4. The number of amides is 2. The second kappa shape index (κ2) is 8.14. The third-order valence-electron chi connectivity index (χ3n) is 5.79. The van der Waals surface area contributed by atoms with Gasteiger partial charge in [-0.3, -0.25) is 23.5 Å². The van der Waals surface area contributed by atoms with E-state index in [4.69, 9.17) is 0 Å². The second-order valence-corrected chi connectivity index (χ2v) is 8.74. The molecular formula is C20H24N6O4S. The quantitative estimate of drug-likeness (QED) is 0.529. The number of aromatic amines is 1.